The lowest BCUT2D eigenvalue weighted by Crippen LogP contribution is -2.43. The van der Waals surface area contributed by atoms with E-state index in [1.807, 2.05) is 0 Å². The lowest BCUT2D eigenvalue weighted by Gasteiger charge is -2.32. The SMILES string of the molecule is CCNCC(CC)N1CCCCCCC1. The van der Waals surface area contributed by atoms with Gasteiger partial charge in [-0.3, -0.25) is 4.90 Å². The van der Waals surface area contributed by atoms with E-state index in [1.54, 1.807) is 0 Å². The number of nitrogens with zero attached hydrogens (tertiary/aromatic N) is 1. The highest BCUT2D eigenvalue weighted by Gasteiger charge is 2.16. The lowest BCUT2D eigenvalue weighted by molar-refractivity contribution is 0.171. The summed E-state index contributed by atoms with van der Waals surface area (Å²) >= 11 is 0. The Morgan fingerprint density at radius 1 is 1.00 bits per heavy atom. The summed E-state index contributed by atoms with van der Waals surface area (Å²) in [6, 6.07) is 0.767. The predicted molar refractivity (Wildman–Crippen MR) is 67.3 cm³/mol. The van der Waals surface area contributed by atoms with E-state index in [0.29, 0.717) is 0 Å². The summed E-state index contributed by atoms with van der Waals surface area (Å²) in [5.41, 5.74) is 0. The summed E-state index contributed by atoms with van der Waals surface area (Å²) in [6.45, 7) is 9.44. The van der Waals surface area contributed by atoms with E-state index < -0.39 is 0 Å². The predicted octanol–water partition coefficient (Wildman–Crippen LogP) is 2.64. The Balaban J connectivity index is 2.33. The molecular weight excluding hydrogens is 184 g/mol. The van der Waals surface area contributed by atoms with E-state index >= 15 is 0 Å². The van der Waals surface area contributed by atoms with Gasteiger partial charge in [0.1, 0.15) is 0 Å². The summed E-state index contributed by atoms with van der Waals surface area (Å²) in [7, 11) is 0. The number of likely N-dealkylation sites (tertiary alicyclic amines) is 1. The van der Waals surface area contributed by atoms with Crippen LogP contribution in [-0.2, 0) is 0 Å². The maximum atomic E-state index is 3.49. The molecule has 90 valence electrons. The Kier molecular flexibility index (Phi) is 7.03. The van der Waals surface area contributed by atoms with Gasteiger partial charge in [-0.1, -0.05) is 33.1 Å². The fourth-order valence-electron chi connectivity index (χ4n) is 2.48. The van der Waals surface area contributed by atoms with Gasteiger partial charge in [-0.2, -0.15) is 0 Å². The van der Waals surface area contributed by atoms with Gasteiger partial charge in [-0.15, -0.1) is 0 Å². The molecular formula is C13H28N2. The zero-order valence-electron chi connectivity index (χ0n) is 10.6. The molecule has 2 nitrogen and oxygen atoms in total. The highest BCUT2D eigenvalue weighted by molar-refractivity contribution is 4.74. The zero-order chi connectivity index (χ0) is 10.9. The second-order valence-electron chi connectivity index (χ2n) is 4.67. The smallest absolute Gasteiger partial charge is 0.0218 e. The number of hydrogen-bond donors (Lipinski definition) is 1. The van der Waals surface area contributed by atoms with Crippen LogP contribution < -0.4 is 5.32 Å². The molecule has 0 aromatic carbocycles. The van der Waals surface area contributed by atoms with Gasteiger partial charge >= 0.3 is 0 Å². The Morgan fingerprint density at radius 3 is 2.13 bits per heavy atom. The van der Waals surface area contributed by atoms with Crippen LogP contribution in [0.1, 0.15) is 52.4 Å². The molecule has 0 aromatic heterocycles. The first-order valence-electron chi connectivity index (χ1n) is 6.83. The largest absolute Gasteiger partial charge is 0.315 e. The minimum atomic E-state index is 0.767. The third-order valence-corrected chi connectivity index (χ3v) is 3.51. The van der Waals surface area contributed by atoms with Crippen LogP contribution in [0.3, 0.4) is 0 Å². The molecule has 1 rings (SSSR count). The van der Waals surface area contributed by atoms with Crippen LogP contribution in [0.25, 0.3) is 0 Å². The van der Waals surface area contributed by atoms with Crippen molar-refractivity contribution in [2.24, 2.45) is 0 Å². The summed E-state index contributed by atoms with van der Waals surface area (Å²) in [6.07, 6.45) is 8.43. The minimum absolute atomic E-state index is 0.767. The van der Waals surface area contributed by atoms with Gasteiger partial charge in [0, 0.05) is 12.6 Å². The van der Waals surface area contributed by atoms with Gasteiger partial charge in [-0.25, -0.2) is 0 Å². The first-order valence-corrected chi connectivity index (χ1v) is 6.83. The molecule has 0 bridgehead atoms. The highest BCUT2D eigenvalue weighted by atomic mass is 15.2. The maximum absolute atomic E-state index is 3.49. The van der Waals surface area contributed by atoms with Gasteiger partial charge in [0.25, 0.3) is 0 Å². The Bertz CT molecular complexity index is 139. The summed E-state index contributed by atoms with van der Waals surface area (Å²) < 4.78 is 0. The van der Waals surface area contributed by atoms with E-state index in [4.69, 9.17) is 0 Å². The van der Waals surface area contributed by atoms with E-state index in [1.165, 1.54) is 58.2 Å². The van der Waals surface area contributed by atoms with Crippen molar-refractivity contribution in [3.05, 3.63) is 0 Å². The molecule has 0 radical (unpaired) electrons. The second-order valence-corrected chi connectivity index (χ2v) is 4.67. The van der Waals surface area contributed by atoms with Crippen molar-refractivity contribution in [2.75, 3.05) is 26.2 Å². The van der Waals surface area contributed by atoms with Crippen molar-refractivity contribution in [3.63, 3.8) is 0 Å². The topological polar surface area (TPSA) is 15.3 Å². The second kappa shape index (κ2) is 8.12. The van der Waals surface area contributed by atoms with Gasteiger partial charge < -0.3 is 5.32 Å². The molecule has 1 aliphatic rings. The summed E-state index contributed by atoms with van der Waals surface area (Å²) in [5, 5.41) is 3.49. The number of rotatable bonds is 5. The van der Waals surface area contributed by atoms with Gasteiger partial charge in [0.05, 0.1) is 0 Å². The molecule has 1 atom stereocenters. The van der Waals surface area contributed by atoms with Gasteiger partial charge in [0.15, 0.2) is 0 Å². The number of hydrogen-bond acceptors (Lipinski definition) is 2. The van der Waals surface area contributed by atoms with E-state index in [0.717, 1.165) is 12.6 Å². The minimum Gasteiger partial charge on any atom is -0.315 e. The van der Waals surface area contributed by atoms with Crippen LogP contribution in [0.15, 0.2) is 0 Å². The molecule has 0 aliphatic carbocycles. The molecule has 1 saturated heterocycles. The third kappa shape index (κ3) is 4.98. The number of likely N-dealkylation sites (N-methyl/N-ethyl adjacent to an activating group) is 1. The average molecular weight is 212 g/mol. The molecule has 0 saturated carbocycles. The average Bonchev–Trinajstić information content (AvgIpc) is 2.21. The molecule has 1 N–H and O–H groups in total. The molecule has 2 heteroatoms. The van der Waals surface area contributed by atoms with Crippen molar-refractivity contribution in [2.45, 2.75) is 58.4 Å². The molecule has 0 amide bonds. The van der Waals surface area contributed by atoms with E-state index in [2.05, 4.69) is 24.1 Å². The molecule has 0 aromatic rings. The molecule has 1 heterocycles. The Hall–Kier alpha value is -0.0800. The van der Waals surface area contributed by atoms with Crippen molar-refractivity contribution < 1.29 is 0 Å². The fourth-order valence-corrected chi connectivity index (χ4v) is 2.48. The Labute approximate surface area is 95.4 Å². The molecule has 1 aliphatic heterocycles. The monoisotopic (exact) mass is 212 g/mol. The highest BCUT2D eigenvalue weighted by Crippen LogP contribution is 2.14. The first kappa shape index (κ1) is 13.0. The Morgan fingerprint density at radius 2 is 1.60 bits per heavy atom. The van der Waals surface area contributed by atoms with Crippen LogP contribution in [0, 0.1) is 0 Å². The zero-order valence-corrected chi connectivity index (χ0v) is 10.6. The van der Waals surface area contributed by atoms with Gasteiger partial charge in [-0.05, 0) is 38.9 Å². The molecule has 1 fully saturated rings. The first-order chi connectivity index (χ1) is 7.38. The van der Waals surface area contributed by atoms with Crippen molar-refractivity contribution in [1.82, 2.24) is 10.2 Å². The van der Waals surface area contributed by atoms with Crippen LogP contribution in [0.4, 0.5) is 0 Å². The van der Waals surface area contributed by atoms with Crippen molar-refractivity contribution >= 4 is 0 Å². The molecule has 15 heavy (non-hydrogen) atoms. The standard InChI is InChI=1S/C13H28N2/c1-3-13(12-14-4-2)15-10-8-6-5-7-9-11-15/h13-14H,3-12H2,1-2H3. The van der Waals surface area contributed by atoms with Crippen LogP contribution >= 0.6 is 0 Å². The summed E-state index contributed by atoms with van der Waals surface area (Å²) in [4.78, 5) is 2.71. The quantitative estimate of drug-likeness (QED) is 0.753. The van der Waals surface area contributed by atoms with Crippen LogP contribution in [0.5, 0.6) is 0 Å². The summed E-state index contributed by atoms with van der Waals surface area (Å²) in [5.74, 6) is 0. The van der Waals surface area contributed by atoms with Crippen molar-refractivity contribution in [3.8, 4) is 0 Å². The van der Waals surface area contributed by atoms with Crippen molar-refractivity contribution in [1.29, 1.82) is 0 Å². The number of nitrogens with one attached hydrogen (secondary N) is 1. The van der Waals surface area contributed by atoms with Crippen LogP contribution in [-0.4, -0.2) is 37.1 Å². The normalized spacial score (nSPS) is 22.0. The lowest BCUT2D eigenvalue weighted by atomic mass is 10.1. The van der Waals surface area contributed by atoms with Gasteiger partial charge in [0.2, 0.25) is 0 Å². The maximum Gasteiger partial charge on any atom is 0.0218 e. The third-order valence-electron chi connectivity index (χ3n) is 3.51. The van der Waals surface area contributed by atoms with Crippen LogP contribution in [0.2, 0.25) is 0 Å². The van der Waals surface area contributed by atoms with E-state index in [9.17, 15) is 0 Å². The fraction of sp³-hybridized carbons (Fsp3) is 1.00. The molecule has 0 spiro atoms. The van der Waals surface area contributed by atoms with E-state index in [-0.39, 0.29) is 0 Å². The molecule has 1 unspecified atom stereocenters.